The van der Waals surface area contributed by atoms with Crippen molar-refractivity contribution in [1.29, 1.82) is 0 Å². The highest BCUT2D eigenvalue weighted by atomic mass is 35.5. The summed E-state index contributed by atoms with van der Waals surface area (Å²) in [6.07, 6.45) is 1.97. The van der Waals surface area contributed by atoms with Crippen LogP contribution >= 0.6 is 22.9 Å². The zero-order valence-corrected chi connectivity index (χ0v) is 13.4. The third-order valence-electron chi connectivity index (χ3n) is 2.91. The van der Waals surface area contributed by atoms with Crippen molar-refractivity contribution < 1.29 is 9.72 Å². The summed E-state index contributed by atoms with van der Waals surface area (Å²) in [6, 6.07) is 8.56. The summed E-state index contributed by atoms with van der Waals surface area (Å²) in [5.74, 6) is -0.227. The maximum absolute atomic E-state index is 12.6. The quantitative estimate of drug-likeness (QED) is 0.344. The van der Waals surface area contributed by atoms with Gasteiger partial charge in [0, 0.05) is 15.4 Å². The van der Waals surface area contributed by atoms with Crippen molar-refractivity contribution >= 4 is 39.9 Å². The molecule has 0 bridgehead atoms. The number of hydrogen-bond donors (Lipinski definition) is 0. The van der Waals surface area contributed by atoms with Crippen LogP contribution in [0.5, 0.6) is 0 Å². The first-order valence-electron chi connectivity index (χ1n) is 6.59. The van der Waals surface area contributed by atoms with E-state index in [1.807, 2.05) is 6.92 Å². The van der Waals surface area contributed by atoms with Gasteiger partial charge in [0.1, 0.15) is 5.00 Å². The Morgan fingerprint density at radius 2 is 2.14 bits per heavy atom. The highest BCUT2D eigenvalue weighted by Crippen LogP contribution is 2.33. The van der Waals surface area contributed by atoms with E-state index in [4.69, 9.17) is 11.6 Å². The lowest BCUT2D eigenvalue weighted by Crippen LogP contribution is -2.02. The lowest BCUT2D eigenvalue weighted by atomic mass is 10.0. The predicted octanol–water partition coefficient (Wildman–Crippen LogP) is 4.17. The van der Waals surface area contributed by atoms with Gasteiger partial charge in [-0.3, -0.25) is 14.9 Å². The van der Waals surface area contributed by atoms with E-state index in [0.717, 1.165) is 11.3 Å². The van der Waals surface area contributed by atoms with Gasteiger partial charge in [0.25, 0.3) is 0 Å². The van der Waals surface area contributed by atoms with Gasteiger partial charge >= 0.3 is 0 Å². The Balaban J connectivity index is 2.39. The highest BCUT2D eigenvalue weighted by molar-refractivity contribution is 7.16. The molecule has 5 nitrogen and oxygen atoms in total. The Morgan fingerprint density at radius 3 is 2.77 bits per heavy atom. The predicted molar refractivity (Wildman–Crippen MR) is 88.6 cm³/mol. The largest absolute Gasteiger partial charge is 0.288 e. The first-order valence-corrected chi connectivity index (χ1v) is 7.78. The molecule has 0 aliphatic carbocycles. The van der Waals surface area contributed by atoms with Crippen LogP contribution in [0.2, 0.25) is 5.02 Å². The maximum atomic E-state index is 12.6. The van der Waals surface area contributed by atoms with Gasteiger partial charge in [0.2, 0.25) is 6.54 Å². The van der Waals surface area contributed by atoms with Crippen LogP contribution in [0.15, 0.2) is 35.3 Å². The summed E-state index contributed by atoms with van der Waals surface area (Å²) in [7, 11) is 0. The number of aryl methyl sites for hydroxylation is 1. The number of aliphatic imine (C=N–C) groups is 1. The van der Waals surface area contributed by atoms with E-state index in [2.05, 4.69) is 4.99 Å². The van der Waals surface area contributed by atoms with Crippen molar-refractivity contribution in [2.45, 2.75) is 13.3 Å². The van der Waals surface area contributed by atoms with Crippen LogP contribution in [0.1, 0.15) is 27.7 Å². The number of halogens is 1. The zero-order valence-electron chi connectivity index (χ0n) is 11.8. The smallest absolute Gasteiger partial charge is 0.238 e. The second kappa shape index (κ2) is 7.29. The van der Waals surface area contributed by atoms with Crippen molar-refractivity contribution in [2.24, 2.45) is 4.99 Å². The van der Waals surface area contributed by atoms with E-state index in [-0.39, 0.29) is 12.3 Å². The second-order valence-electron chi connectivity index (χ2n) is 4.42. The van der Waals surface area contributed by atoms with Gasteiger partial charge in [-0.25, -0.2) is 4.99 Å². The first-order chi connectivity index (χ1) is 10.5. The molecule has 114 valence electrons. The summed E-state index contributed by atoms with van der Waals surface area (Å²) in [5.41, 5.74) is 0.824. The molecule has 0 saturated heterocycles. The molecule has 0 fully saturated rings. The van der Waals surface area contributed by atoms with Gasteiger partial charge in [0.05, 0.1) is 16.8 Å². The van der Waals surface area contributed by atoms with E-state index in [0.29, 0.717) is 21.2 Å². The Labute approximate surface area is 136 Å². The molecule has 0 amide bonds. The Hall–Kier alpha value is -2.05. The van der Waals surface area contributed by atoms with Crippen LogP contribution in [0.3, 0.4) is 0 Å². The summed E-state index contributed by atoms with van der Waals surface area (Å²) >= 11 is 7.42. The molecule has 0 aliphatic heterocycles. The minimum atomic E-state index is -0.479. The molecule has 1 aromatic heterocycles. The molecule has 0 unspecified atom stereocenters. The molecule has 0 radical (unpaired) electrons. The van der Waals surface area contributed by atoms with Crippen molar-refractivity contribution in [3.8, 4) is 0 Å². The van der Waals surface area contributed by atoms with Gasteiger partial charge in [0.15, 0.2) is 5.78 Å². The van der Waals surface area contributed by atoms with Gasteiger partial charge < -0.3 is 0 Å². The standard InChI is InChI=1S/C15H13ClN2O3S/c1-2-10-9-12(15(22-10)17-7-8-18(20)21)14(19)11-5-3-4-6-13(11)16/h3-7,9H,2,8H2,1H3. The molecule has 1 aromatic carbocycles. The number of rotatable bonds is 6. The first kappa shape index (κ1) is 16.3. The average Bonchev–Trinajstić information content (AvgIpc) is 2.90. The minimum absolute atomic E-state index is 0.227. The van der Waals surface area contributed by atoms with E-state index in [9.17, 15) is 14.9 Å². The second-order valence-corrected chi connectivity index (χ2v) is 5.94. The SMILES string of the molecule is CCc1cc(C(=O)c2ccccc2Cl)c(N=CC[N+](=O)[O-])s1. The third kappa shape index (κ3) is 3.78. The normalized spacial score (nSPS) is 11.0. The number of carbonyl (C=O) groups is 1. The van der Waals surface area contributed by atoms with E-state index in [1.165, 1.54) is 17.6 Å². The monoisotopic (exact) mass is 336 g/mol. The minimum Gasteiger partial charge on any atom is -0.288 e. The summed E-state index contributed by atoms with van der Waals surface area (Å²) < 4.78 is 0. The fraction of sp³-hybridized carbons (Fsp3) is 0.200. The molecule has 1 heterocycles. The summed E-state index contributed by atoms with van der Waals surface area (Å²) in [5, 5.41) is 11.2. The molecule has 0 aliphatic rings. The summed E-state index contributed by atoms with van der Waals surface area (Å²) in [6.45, 7) is 1.60. The molecular formula is C15H13ClN2O3S. The van der Waals surface area contributed by atoms with Crippen LogP contribution in [-0.4, -0.2) is 23.5 Å². The van der Waals surface area contributed by atoms with Crippen LogP contribution in [0.4, 0.5) is 5.00 Å². The van der Waals surface area contributed by atoms with Gasteiger partial charge in [-0.05, 0) is 24.6 Å². The van der Waals surface area contributed by atoms with Crippen LogP contribution < -0.4 is 0 Å². The van der Waals surface area contributed by atoms with Gasteiger partial charge in [-0.1, -0.05) is 30.7 Å². The lowest BCUT2D eigenvalue weighted by molar-refractivity contribution is -0.462. The molecule has 7 heteroatoms. The van der Waals surface area contributed by atoms with Crippen molar-refractivity contribution in [1.82, 2.24) is 0 Å². The number of nitrogens with zero attached hydrogens (tertiary/aromatic N) is 2. The zero-order chi connectivity index (χ0) is 16.1. The topological polar surface area (TPSA) is 72.6 Å². The Morgan fingerprint density at radius 1 is 1.41 bits per heavy atom. The molecule has 2 rings (SSSR count). The highest BCUT2D eigenvalue weighted by Gasteiger charge is 2.19. The number of hydrogen-bond acceptors (Lipinski definition) is 5. The van der Waals surface area contributed by atoms with Crippen molar-refractivity contribution in [3.05, 3.63) is 61.5 Å². The van der Waals surface area contributed by atoms with Gasteiger partial charge in [-0.2, -0.15) is 0 Å². The number of nitro groups is 1. The summed E-state index contributed by atoms with van der Waals surface area (Å²) in [4.78, 5) is 27.6. The van der Waals surface area contributed by atoms with Crippen LogP contribution in [-0.2, 0) is 6.42 Å². The molecule has 0 saturated carbocycles. The van der Waals surface area contributed by atoms with Crippen molar-refractivity contribution in [2.75, 3.05) is 6.54 Å². The number of benzene rings is 1. The molecule has 0 atom stereocenters. The maximum Gasteiger partial charge on any atom is 0.238 e. The fourth-order valence-corrected chi connectivity index (χ4v) is 3.02. The Bertz CT molecular complexity index is 740. The van der Waals surface area contributed by atoms with E-state index in [1.54, 1.807) is 30.3 Å². The third-order valence-corrected chi connectivity index (χ3v) is 4.43. The molecule has 0 spiro atoms. The number of ketones is 1. The Kier molecular flexibility index (Phi) is 5.41. The van der Waals surface area contributed by atoms with E-state index < -0.39 is 4.92 Å². The lowest BCUT2D eigenvalue weighted by Gasteiger charge is -2.02. The van der Waals surface area contributed by atoms with Crippen LogP contribution in [0, 0.1) is 10.1 Å². The number of carbonyl (C=O) groups excluding carboxylic acids is 1. The van der Waals surface area contributed by atoms with Gasteiger partial charge in [-0.15, -0.1) is 11.3 Å². The molecule has 22 heavy (non-hydrogen) atoms. The molecular weight excluding hydrogens is 324 g/mol. The van der Waals surface area contributed by atoms with Crippen molar-refractivity contribution in [3.63, 3.8) is 0 Å². The molecule has 0 N–H and O–H groups in total. The van der Waals surface area contributed by atoms with E-state index >= 15 is 0 Å². The average molecular weight is 337 g/mol. The number of thiophene rings is 1. The fourth-order valence-electron chi connectivity index (χ4n) is 1.84. The molecule has 2 aromatic rings. The van der Waals surface area contributed by atoms with Crippen LogP contribution in [0.25, 0.3) is 0 Å².